The summed E-state index contributed by atoms with van der Waals surface area (Å²) in [7, 11) is 0.211. The molecule has 0 unspecified atom stereocenters. The number of rotatable bonds is 5. The van der Waals surface area contributed by atoms with Crippen LogP contribution >= 0.6 is 0 Å². The van der Waals surface area contributed by atoms with Crippen molar-refractivity contribution in [2.75, 3.05) is 31.9 Å². The standard InChI is InChI=1S/C21H27N3O3S/c1-16-4-8-18(9-5-16)22-28(26,27)20-10-6-17(7-11-20)21(25)24(3)19-12-14-23(2)15-13-19/h4-11,19,22H,12-15H2,1-3H3. The molecule has 7 heteroatoms. The number of likely N-dealkylation sites (tertiary alicyclic amines) is 1. The first kappa shape index (κ1) is 20.4. The van der Waals surface area contributed by atoms with Crippen molar-refractivity contribution in [3.8, 4) is 0 Å². The largest absolute Gasteiger partial charge is 0.339 e. The van der Waals surface area contributed by atoms with E-state index in [0.29, 0.717) is 11.3 Å². The number of sulfonamides is 1. The summed E-state index contributed by atoms with van der Waals surface area (Å²) in [5.41, 5.74) is 2.06. The minimum absolute atomic E-state index is 0.0787. The van der Waals surface area contributed by atoms with Gasteiger partial charge < -0.3 is 9.80 Å². The summed E-state index contributed by atoms with van der Waals surface area (Å²) in [5, 5.41) is 0. The fourth-order valence-electron chi connectivity index (χ4n) is 3.36. The molecule has 1 fully saturated rings. The smallest absolute Gasteiger partial charge is 0.261 e. The molecule has 1 amide bonds. The molecule has 2 aromatic rings. The topological polar surface area (TPSA) is 69.7 Å². The van der Waals surface area contributed by atoms with E-state index in [0.717, 1.165) is 31.5 Å². The van der Waals surface area contributed by atoms with Crippen LogP contribution in [0, 0.1) is 6.92 Å². The van der Waals surface area contributed by atoms with E-state index in [4.69, 9.17) is 0 Å². The number of nitrogens with one attached hydrogen (secondary N) is 1. The number of carbonyl (C=O) groups is 1. The molecular formula is C21H27N3O3S. The number of aryl methyl sites for hydroxylation is 1. The number of hydrogen-bond donors (Lipinski definition) is 1. The van der Waals surface area contributed by atoms with Crippen molar-refractivity contribution in [1.82, 2.24) is 9.80 Å². The number of anilines is 1. The summed E-state index contributed by atoms with van der Waals surface area (Å²) in [6.07, 6.45) is 1.90. The summed E-state index contributed by atoms with van der Waals surface area (Å²) in [5.74, 6) is -0.0787. The van der Waals surface area contributed by atoms with Crippen LogP contribution in [-0.2, 0) is 10.0 Å². The van der Waals surface area contributed by atoms with E-state index < -0.39 is 10.0 Å². The quantitative estimate of drug-likeness (QED) is 0.836. The molecule has 28 heavy (non-hydrogen) atoms. The van der Waals surface area contributed by atoms with E-state index >= 15 is 0 Å². The van der Waals surface area contributed by atoms with E-state index in [2.05, 4.69) is 16.7 Å². The lowest BCUT2D eigenvalue weighted by atomic mass is 10.0. The lowest BCUT2D eigenvalue weighted by molar-refractivity contribution is 0.0659. The van der Waals surface area contributed by atoms with E-state index in [1.807, 2.05) is 26.1 Å². The van der Waals surface area contributed by atoms with Gasteiger partial charge in [-0.2, -0.15) is 0 Å². The molecule has 0 atom stereocenters. The number of hydrogen-bond acceptors (Lipinski definition) is 4. The maximum Gasteiger partial charge on any atom is 0.261 e. The molecule has 1 N–H and O–H groups in total. The van der Waals surface area contributed by atoms with Crippen LogP contribution < -0.4 is 4.72 Å². The lowest BCUT2D eigenvalue weighted by Gasteiger charge is -2.35. The first-order chi connectivity index (χ1) is 13.3. The predicted octanol–water partition coefficient (Wildman–Crippen LogP) is 2.96. The molecule has 0 aromatic heterocycles. The molecule has 150 valence electrons. The van der Waals surface area contributed by atoms with Crippen LogP contribution in [0.3, 0.4) is 0 Å². The van der Waals surface area contributed by atoms with Gasteiger partial charge in [0, 0.05) is 24.3 Å². The van der Waals surface area contributed by atoms with E-state index in [-0.39, 0.29) is 16.8 Å². The highest BCUT2D eigenvalue weighted by molar-refractivity contribution is 7.92. The highest BCUT2D eigenvalue weighted by Gasteiger charge is 2.25. The van der Waals surface area contributed by atoms with Crippen molar-refractivity contribution in [2.45, 2.75) is 30.7 Å². The third-order valence-corrected chi connectivity index (χ3v) is 6.67. The molecule has 3 rings (SSSR count). The zero-order valence-corrected chi connectivity index (χ0v) is 17.4. The first-order valence-electron chi connectivity index (χ1n) is 9.41. The van der Waals surface area contributed by atoms with E-state index in [1.165, 1.54) is 12.1 Å². The number of amides is 1. The van der Waals surface area contributed by atoms with Crippen LogP contribution in [0.2, 0.25) is 0 Å². The van der Waals surface area contributed by atoms with Gasteiger partial charge in [0.05, 0.1) is 4.90 Å². The highest BCUT2D eigenvalue weighted by atomic mass is 32.2. The average molecular weight is 402 g/mol. The molecule has 1 aliphatic heterocycles. The summed E-state index contributed by atoms with van der Waals surface area (Å²) < 4.78 is 27.7. The van der Waals surface area contributed by atoms with Gasteiger partial charge in [0.25, 0.3) is 15.9 Å². The summed E-state index contributed by atoms with van der Waals surface area (Å²) in [6.45, 7) is 3.89. The Balaban J connectivity index is 1.69. The second-order valence-electron chi connectivity index (χ2n) is 7.45. The molecule has 0 aliphatic carbocycles. The van der Waals surface area contributed by atoms with Gasteiger partial charge in [-0.3, -0.25) is 9.52 Å². The van der Waals surface area contributed by atoms with Crippen molar-refractivity contribution in [1.29, 1.82) is 0 Å². The summed E-state index contributed by atoms with van der Waals surface area (Å²) in [6, 6.07) is 13.5. The summed E-state index contributed by atoms with van der Waals surface area (Å²) >= 11 is 0. The number of nitrogens with zero attached hydrogens (tertiary/aromatic N) is 2. The second kappa shape index (κ2) is 8.32. The van der Waals surface area contributed by atoms with Gasteiger partial charge in [0.2, 0.25) is 0 Å². The van der Waals surface area contributed by atoms with Crippen molar-refractivity contribution in [3.63, 3.8) is 0 Å². The average Bonchev–Trinajstić information content (AvgIpc) is 2.69. The third kappa shape index (κ3) is 4.72. The minimum Gasteiger partial charge on any atom is -0.339 e. The monoisotopic (exact) mass is 401 g/mol. The molecule has 0 radical (unpaired) electrons. The fourth-order valence-corrected chi connectivity index (χ4v) is 4.42. The molecule has 0 saturated carbocycles. The molecule has 0 bridgehead atoms. The Bertz CT molecular complexity index is 916. The normalized spacial score (nSPS) is 16.0. The predicted molar refractivity (Wildman–Crippen MR) is 111 cm³/mol. The van der Waals surface area contributed by atoms with Gasteiger partial charge in [-0.05, 0) is 76.3 Å². The molecule has 6 nitrogen and oxygen atoms in total. The summed E-state index contributed by atoms with van der Waals surface area (Å²) in [4.78, 5) is 16.9. The Hall–Kier alpha value is -2.38. The molecule has 1 saturated heterocycles. The molecule has 2 aromatic carbocycles. The Labute approximate surface area is 167 Å². The van der Waals surface area contributed by atoms with Crippen LogP contribution in [0.5, 0.6) is 0 Å². The van der Waals surface area contributed by atoms with Gasteiger partial charge in [-0.1, -0.05) is 17.7 Å². The third-order valence-electron chi connectivity index (χ3n) is 5.27. The van der Waals surface area contributed by atoms with Crippen molar-refractivity contribution < 1.29 is 13.2 Å². The van der Waals surface area contributed by atoms with Crippen molar-refractivity contribution >= 4 is 21.6 Å². The molecular weight excluding hydrogens is 374 g/mol. The minimum atomic E-state index is -3.70. The highest BCUT2D eigenvalue weighted by Crippen LogP contribution is 2.20. The molecule has 0 spiro atoms. The zero-order chi connectivity index (χ0) is 20.3. The SMILES string of the molecule is Cc1ccc(NS(=O)(=O)c2ccc(C(=O)N(C)C3CCN(C)CC3)cc2)cc1. The molecule has 1 heterocycles. The number of carbonyl (C=O) groups excluding carboxylic acids is 1. The van der Waals surface area contributed by atoms with Crippen LogP contribution in [-0.4, -0.2) is 57.4 Å². The van der Waals surface area contributed by atoms with Crippen LogP contribution in [0.15, 0.2) is 53.4 Å². The zero-order valence-electron chi connectivity index (χ0n) is 16.6. The Morgan fingerprint density at radius 1 is 1.04 bits per heavy atom. The second-order valence-corrected chi connectivity index (χ2v) is 9.13. The lowest BCUT2D eigenvalue weighted by Crippen LogP contribution is -2.44. The van der Waals surface area contributed by atoms with Gasteiger partial charge in [0.1, 0.15) is 0 Å². The number of benzene rings is 2. The fraction of sp³-hybridized carbons (Fsp3) is 0.381. The van der Waals surface area contributed by atoms with Gasteiger partial charge in [0.15, 0.2) is 0 Å². The van der Waals surface area contributed by atoms with Crippen LogP contribution in [0.4, 0.5) is 5.69 Å². The first-order valence-corrected chi connectivity index (χ1v) is 10.9. The van der Waals surface area contributed by atoms with Crippen molar-refractivity contribution in [3.05, 3.63) is 59.7 Å². The Morgan fingerprint density at radius 2 is 1.61 bits per heavy atom. The van der Waals surface area contributed by atoms with Gasteiger partial charge in [-0.15, -0.1) is 0 Å². The van der Waals surface area contributed by atoms with E-state index in [9.17, 15) is 13.2 Å². The Morgan fingerprint density at radius 3 is 2.18 bits per heavy atom. The maximum atomic E-state index is 12.8. The maximum absolute atomic E-state index is 12.8. The number of piperidine rings is 1. The van der Waals surface area contributed by atoms with Gasteiger partial charge >= 0.3 is 0 Å². The molecule has 1 aliphatic rings. The Kier molecular flexibility index (Phi) is 6.05. The van der Waals surface area contributed by atoms with E-state index in [1.54, 1.807) is 29.2 Å². The van der Waals surface area contributed by atoms with Crippen LogP contribution in [0.1, 0.15) is 28.8 Å². The van der Waals surface area contributed by atoms with Gasteiger partial charge in [-0.25, -0.2) is 8.42 Å². The van der Waals surface area contributed by atoms with Crippen LogP contribution in [0.25, 0.3) is 0 Å². The van der Waals surface area contributed by atoms with Crippen molar-refractivity contribution in [2.24, 2.45) is 0 Å².